The number of hydrogen-bond acceptors (Lipinski definition) is 4. The maximum atomic E-state index is 13.5. The first kappa shape index (κ1) is 20.0. The fourth-order valence-corrected chi connectivity index (χ4v) is 3.86. The average Bonchev–Trinajstić information content (AvgIpc) is 2.76. The summed E-state index contributed by atoms with van der Waals surface area (Å²) < 4.78 is 13.5. The Morgan fingerprint density at radius 1 is 1.10 bits per heavy atom. The first-order chi connectivity index (χ1) is 14.5. The van der Waals surface area contributed by atoms with E-state index in [0.717, 1.165) is 41.8 Å². The molecule has 2 heterocycles. The summed E-state index contributed by atoms with van der Waals surface area (Å²) in [6.45, 7) is 5.43. The van der Waals surface area contributed by atoms with Crippen LogP contribution in [0.2, 0.25) is 0 Å². The van der Waals surface area contributed by atoms with E-state index in [1.807, 2.05) is 36.9 Å². The lowest BCUT2D eigenvalue weighted by Gasteiger charge is -2.32. The number of nitrogens with one attached hydrogen (secondary N) is 1. The molecule has 0 saturated carbocycles. The van der Waals surface area contributed by atoms with Crippen LogP contribution in [0.15, 0.2) is 54.9 Å². The van der Waals surface area contributed by atoms with Crippen molar-refractivity contribution in [3.05, 3.63) is 71.8 Å². The number of aryl methyl sites for hydroxylation is 2. The van der Waals surface area contributed by atoms with Crippen LogP contribution >= 0.6 is 0 Å². The second-order valence-corrected chi connectivity index (χ2v) is 7.87. The summed E-state index contributed by atoms with van der Waals surface area (Å²) in [6, 6.07) is 12.4. The first-order valence-electron chi connectivity index (χ1n) is 10.2. The molecule has 0 spiro atoms. The fourth-order valence-electron chi connectivity index (χ4n) is 3.86. The summed E-state index contributed by atoms with van der Waals surface area (Å²) in [6.07, 6.45) is 5.15. The van der Waals surface area contributed by atoms with Gasteiger partial charge in [0, 0.05) is 36.7 Å². The Bertz CT molecular complexity index is 1050. The van der Waals surface area contributed by atoms with Gasteiger partial charge in [-0.2, -0.15) is 0 Å². The van der Waals surface area contributed by atoms with Gasteiger partial charge in [0.25, 0.3) is 0 Å². The van der Waals surface area contributed by atoms with Crippen LogP contribution in [0.1, 0.15) is 24.0 Å². The normalized spacial score (nSPS) is 16.4. The molecule has 1 saturated heterocycles. The van der Waals surface area contributed by atoms with Crippen molar-refractivity contribution < 1.29 is 9.18 Å². The zero-order chi connectivity index (χ0) is 21.1. The van der Waals surface area contributed by atoms with Crippen molar-refractivity contribution in [1.82, 2.24) is 9.97 Å². The van der Waals surface area contributed by atoms with E-state index in [9.17, 15) is 9.18 Å². The number of hydrogen-bond donors (Lipinski definition) is 1. The molecule has 6 heteroatoms. The minimum atomic E-state index is -0.287. The van der Waals surface area contributed by atoms with E-state index in [2.05, 4.69) is 21.4 Å². The molecule has 4 rings (SSSR count). The second-order valence-electron chi connectivity index (χ2n) is 7.87. The molecule has 1 N–H and O–H groups in total. The van der Waals surface area contributed by atoms with Gasteiger partial charge in [-0.3, -0.25) is 4.79 Å². The topological polar surface area (TPSA) is 58.1 Å². The van der Waals surface area contributed by atoms with E-state index in [0.29, 0.717) is 12.5 Å². The monoisotopic (exact) mass is 404 g/mol. The van der Waals surface area contributed by atoms with E-state index in [1.165, 1.54) is 17.7 Å². The lowest BCUT2D eigenvalue weighted by molar-refractivity contribution is -0.120. The van der Waals surface area contributed by atoms with Crippen LogP contribution in [0.5, 0.6) is 0 Å². The number of carbonyl (C=O) groups is 1. The largest absolute Gasteiger partial charge is 0.340 e. The molecule has 0 aliphatic carbocycles. The van der Waals surface area contributed by atoms with Gasteiger partial charge < -0.3 is 10.2 Å². The number of halogens is 1. The summed E-state index contributed by atoms with van der Waals surface area (Å²) in [5.41, 5.74) is 4.60. The molecule has 1 aliphatic rings. The van der Waals surface area contributed by atoms with Crippen LogP contribution in [-0.2, 0) is 4.79 Å². The highest BCUT2D eigenvalue weighted by molar-refractivity contribution is 5.93. The van der Waals surface area contributed by atoms with E-state index in [1.54, 1.807) is 18.5 Å². The van der Waals surface area contributed by atoms with Crippen LogP contribution in [0.3, 0.4) is 0 Å². The number of rotatable bonds is 4. The third-order valence-corrected chi connectivity index (χ3v) is 5.51. The molecule has 2 aromatic carbocycles. The van der Waals surface area contributed by atoms with Gasteiger partial charge in [0.05, 0.1) is 5.92 Å². The minimum Gasteiger partial charge on any atom is -0.340 e. The highest BCUT2D eigenvalue weighted by atomic mass is 19.1. The SMILES string of the molecule is Cc1ccc(NC(=O)[C@@H]2CCCN(c3ncc(-c4cccc(F)c4)cn3)C2)c(C)c1. The summed E-state index contributed by atoms with van der Waals surface area (Å²) in [5.74, 6) is 0.221. The standard InChI is InChI=1S/C24H25FN4O/c1-16-8-9-22(17(2)11-16)28-23(30)19-6-4-10-29(15-19)24-26-13-20(14-27-24)18-5-3-7-21(25)12-18/h3,5,7-9,11-14,19H,4,6,10,15H2,1-2H3,(H,28,30)/t19-/m1/s1. The number of nitrogens with zero attached hydrogens (tertiary/aromatic N) is 3. The van der Waals surface area contributed by atoms with Crippen molar-refractivity contribution in [2.24, 2.45) is 5.92 Å². The summed E-state index contributed by atoms with van der Waals surface area (Å²) in [4.78, 5) is 23.8. The van der Waals surface area contributed by atoms with Crippen molar-refractivity contribution in [2.45, 2.75) is 26.7 Å². The zero-order valence-electron chi connectivity index (χ0n) is 17.2. The number of piperidine rings is 1. The van der Waals surface area contributed by atoms with Crippen molar-refractivity contribution in [2.75, 3.05) is 23.3 Å². The Balaban J connectivity index is 1.44. The zero-order valence-corrected chi connectivity index (χ0v) is 17.2. The van der Waals surface area contributed by atoms with E-state index < -0.39 is 0 Å². The molecular weight excluding hydrogens is 379 g/mol. The van der Waals surface area contributed by atoms with Crippen molar-refractivity contribution in [3.8, 4) is 11.1 Å². The number of anilines is 2. The molecule has 0 radical (unpaired) electrons. The van der Waals surface area contributed by atoms with Gasteiger partial charge in [-0.15, -0.1) is 0 Å². The molecule has 5 nitrogen and oxygen atoms in total. The van der Waals surface area contributed by atoms with E-state index in [-0.39, 0.29) is 17.6 Å². The van der Waals surface area contributed by atoms with Crippen molar-refractivity contribution in [1.29, 1.82) is 0 Å². The summed E-state index contributed by atoms with van der Waals surface area (Å²) >= 11 is 0. The van der Waals surface area contributed by atoms with E-state index in [4.69, 9.17) is 0 Å². The quantitative estimate of drug-likeness (QED) is 0.681. The maximum Gasteiger partial charge on any atom is 0.229 e. The molecule has 154 valence electrons. The van der Waals surface area contributed by atoms with Gasteiger partial charge in [0.1, 0.15) is 5.82 Å². The Morgan fingerprint density at radius 2 is 1.90 bits per heavy atom. The lowest BCUT2D eigenvalue weighted by Crippen LogP contribution is -2.41. The number of benzene rings is 2. The molecular formula is C24H25FN4O. The molecule has 1 aliphatic heterocycles. The van der Waals surface area contributed by atoms with Crippen molar-refractivity contribution >= 4 is 17.5 Å². The molecule has 1 amide bonds. The second kappa shape index (κ2) is 8.61. The molecule has 1 aromatic heterocycles. The van der Waals surface area contributed by atoms with Gasteiger partial charge in [-0.1, -0.05) is 29.8 Å². The van der Waals surface area contributed by atoms with Crippen LogP contribution in [0, 0.1) is 25.6 Å². The average molecular weight is 404 g/mol. The van der Waals surface area contributed by atoms with Gasteiger partial charge in [-0.25, -0.2) is 14.4 Å². The fraction of sp³-hybridized carbons (Fsp3) is 0.292. The first-order valence-corrected chi connectivity index (χ1v) is 10.2. The minimum absolute atomic E-state index is 0.0306. The molecule has 0 bridgehead atoms. The van der Waals surface area contributed by atoms with Crippen LogP contribution in [-0.4, -0.2) is 29.0 Å². The smallest absolute Gasteiger partial charge is 0.229 e. The Hall–Kier alpha value is -3.28. The number of amides is 1. The van der Waals surface area contributed by atoms with E-state index >= 15 is 0 Å². The number of aromatic nitrogens is 2. The molecule has 1 atom stereocenters. The van der Waals surface area contributed by atoms with Crippen LogP contribution < -0.4 is 10.2 Å². The summed E-state index contributed by atoms with van der Waals surface area (Å²) in [5, 5.41) is 3.07. The van der Waals surface area contributed by atoms with Crippen LogP contribution in [0.4, 0.5) is 16.0 Å². The molecule has 30 heavy (non-hydrogen) atoms. The maximum absolute atomic E-state index is 13.5. The van der Waals surface area contributed by atoms with Gasteiger partial charge >= 0.3 is 0 Å². The molecule has 1 fully saturated rings. The Kier molecular flexibility index (Phi) is 5.74. The predicted molar refractivity (Wildman–Crippen MR) is 117 cm³/mol. The summed E-state index contributed by atoms with van der Waals surface area (Å²) in [7, 11) is 0. The molecule has 0 unspecified atom stereocenters. The number of carbonyl (C=O) groups excluding carboxylic acids is 1. The highest BCUT2D eigenvalue weighted by Crippen LogP contribution is 2.25. The third-order valence-electron chi connectivity index (χ3n) is 5.51. The highest BCUT2D eigenvalue weighted by Gasteiger charge is 2.27. The van der Waals surface area contributed by atoms with Gasteiger partial charge in [0.15, 0.2) is 0 Å². The third kappa shape index (κ3) is 4.48. The van der Waals surface area contributed by atoms with Crippen molar-refractivity contribution in [3.63, 3.8) is 0 Å². The Morgan fingerprint density at radius 3 is 2.63 bits per heavy atom. The Labute approximate surface area is 176 Å². The van der Waals surface area contributed by atoms with Crippen LogP contribution in [0.25, 0.3) is 11.1 Å². The lowest BCUT2D eigenvalue weighted by atomic mass is 9.97. The van der Waals surface area contributed by atoms with Gasteiger partial charge in [-0.05, 0) is 56.0 Å². The molecule has 3 aromatic rings. The van der Waals surface area contributed by atoms with Gasteiger partial charge in [0.2, 0.25) is 11.9 Å². The predicted octanol–water partition coefficient (Wildman–Crippen LogP) is 4.75.